The van der Waals surface area contributed by atoms with Crippen molar-refractivity contribution in [3.8, 4) is 45.5 Å². The molecule has 0 spiro atoms. The number of oxazole rings is 1. The van der Waals surface area contributed by atoms with Gasteiger partial charge in [-0.05, 0) is 119 Å². The molecule has 10 rings (SSSR count). The Hall–Kier alpha value is -7.68. The number of para-hydroxylation sites is 2. The minimum absolute atomic E-state index is 0.590. The maximum Gasteiger partial charge on any atom is 0.227 e. The van der Waals surface area contributed by atoms with Gasteiger partial charge in [-0.2, -0.15) is 5.26 Å². The summed E-state index contributed by atoms with van der Waals surface area (Å²) >= 11 is 0. The van der Waals surface area contributed by atoms with Crippen LogP contribution in [-0.4, -0.2) is 9.55 Å². The summed E-state index contributed by atoms with van der Waals surface area (Å²) in [7, 11) is 0. The van der Waals surface area contributed by atoms with E-state index < -0.39 is 0 Å². The molecule has 5 nitrogen and oxygen atoms in total. The van der Waals surface area contributed by atoms with E-state index in [4.69, 9.17) is 9.40 Å². The average Bonchev–Trinajstić information content (AvgIpc) is 3.85. The van der Waals surface area contributed by atoms with Crippen molar-refractivity contribution >= 4 is 50.0 Å². The predicted octanol–water partition coefficient (Wildman–Crippen LogP) is 13.3. The summed E-state index contributed by atoms with van der Waals surface area (Å²) in [5, 5.41) is 11.6. The highest BCUT2D eigenvalue weighted by Crippen LogP contribution is 2.41. The smallest absolute Gasteiger partial charge is 0.227 e. The molecule has 0 unspecified atom stereocenters. The van der Waals surface area contributed by atoms with Crippen LogP contribution < -0.4 is 4.90 Å². The number of nitriles is 1. The van der Waals surface area contributed by atoms with Gasteiger partial charge in [-0.1, -0.05) is 97.1 Å². The quantitative estimate of drug-likeness (QED) is 0.166. The Morgan fingerprint density at radius 3 is 1.75 bits per heavy atom. The van der Waals surface area contributed by atoms with Crippen molar-refractivity contribution in [1.29, 1.82) is 5.26 Å². The fraction of sp³-hybridized carbons (Fsp3) is 0. The molecule has 258 valence electrons. The first-order valence-electron chi connectivity index (χ1n) is 18.3. The Bertz CT molecular complexity index is 2970. The van der Waals surface area contributed by atoms with E-state index >= 15 is 0 Å². The minimum atomic E-state index is 0.590. The van der Waals surface area contributed by atoms with Crippen LogP contribution >= 0.6 is 0 Å². The first-order chi connectivity index (χ1) is 27.2. The normalized spacial score (nSPS) is 11.3. The van der Waals surface area contributed by atoms with Crippen molar-refractivity contribution in [2.24, 2.45) is 0 Å². The number of nitrogens with zero attached hydrogens (tertiary/aromatic N) is 4. The van der Waals surface area contributed by atoms with Gasteiger partial charge >= 0.3 is 0 Å². The Labute approximate surface area is 318 Å². The summed E-state index contributed by atoms with van der Waals surface area (Å²) in [5.41, 5.74) is 13.8. The first-order valence-corrected chi connectivity index (χ1v) is 18.3. The molecule has 2 heterocycles. The van der Waals surface area contributed by atoms with Crippen molar-refractivity contribution in [2.75, 3.05) is 4.90 Å². The Balaban J connectivity index is 1.13. The van der Waals surface area contributed by atoms with Gasteiger partial charge in [-0.3, -0.25) is 0 Å². The van der Waals surface area contributed by atoms with Gasteiger partial charge in [0.15, 0.2) is 5.58 Å². The highest BCUT2D eigenvalue weighted by Gasteiger charge is 2.21. The van der Waals surface area contributed by atoms with Crippen LogP contribution in [0.2, 0.25) is 0 Å². The molecule has 2 aromatic heterocycles. The molecule has 10 aromatic rings. The van der Waals surface area contributed by atoms with Crippen LogP contribution in [0.3, 0.4) is 0 Å². The van der Waals surface area contributed by atoms with E-state index in [9.17, 15) is 5.26 Å². The molecule has 0 bridgehead atoms. The summed E-state index contributed by atoms with van der Waals surface area (Å²) in [4.78, 5) is 7.22. The van der Waals surface area contributed by atoms with Gasteiger partial charge in [0.1, 0.15) is 5.52 Å². The molecule has 0 N–H and O–H groups in total. The summed E-state index contributed by atoms with van der Waals surface area (Å²) in [6.07, 6.45) is 0. The molecule has 0 aliphatic heterocycles. The standard InChI is InChI=1S/C50H32N4O/c51-33-34-19-21-35(22-20-34)38-13-10-18-43(31-38)54-47-30-25-39(32-45(47)44-28-29-46-49(48(44)54)55-50(52-46)37-11-4-1-5-12-37)36-23-26-42(27-24-36)53(40-14-6-2-7-15-40)41-16-8-3-9-17-41/h1-32H. The molecular formula is C50H32N4O. The summed E-state index contributed by atoms with van der Waals surface area (Å²) < 4.78 is 8.95. The molecule has 8 aromatic carbocycles. The molecule has 0 saturated heterocycles. The third-order valence-corrected chi connectivity index (χ3v) is 10.2. The Morgan fingerprint density at radius 2 is 1.07 bits per heavy atom. The maximum atomic E-state index is 9.37. The molecule has 5 heteroatoms. The van der Waals surface area contributed by atoms with E-state index in [0.717, 1.165) is 83.5 Å². The average molecular weight is 705 g/mol. The largest absolute Gasteiger partial charge is 0.434 e. The molecule has 0 radical (unpaired) electrons. The van der Waals surface area contributed by atoms with E-state index in [1.807, 2.05) is 66.7 Å². The predicted molar refractivity (Wildman–Crippen MR) is 224 cm³/mol. The molecule has 0 aliphatic rings. The zero-order valence-electron chi connectivity index (χ0n) is 29.7. The van der Waals surface area contributed by atoms with Crippen molar-refractivity contribution in [2.45, 2.75) is 0 Å². The third-order valence-electron chi connectivity index (χ3n) is 10.2. The maximum absolute atomic E-state index is 9.37. The Morgan fingerprint density at radius 1 is 0.491 bits per heavy atom. The number of aromatic nitrogens is 2. The zero-order valence-corrected chi connectivity index (χ0v) is 29.7. The van der Waals surface area contributed by atoms with Crippen LogP contribution in [0.4, 0.5) is 17.1 Å². The minimum Gasteiger partial charge on any atom is -0.434 e. The summed E-state index contributed by atoms with van der Waals surface area (Å²) in [6.45, 7) is 0. The van der Waals surface area contributed by atoms with Crippen molar-refractivity contribution < 1.29 is 4.42 Å². The molecule has 0 saturated carbocycles. The van der Waals surface area contributed by atoms with Gasteiger partial charge in [0.25, 0.3) is 0 Å². The highest BCUT2D eigenvalue weighted by atomic mass is 16.3. The van der Waals surface area contributed by atoms with Crippen molar-refractivity contribution in [1.82, 2.24) is 9.55 Å². The molecule has 0 fully saturated rings. The van der Waals surface area contributed by atoms with Crippen LogP contribution in [0, 0.1) is 11.3 Å². The lowest BCUT2D eigenvalue weighted by atomic mass is 10.0. The van der Waals surface area contributed by atoms with Gasteiger partial charge in [-0.15, -0.1) is 0 Å². The van der Waals surface area contributed by atoms with E-state index in [2.05, 4.69) is 143 Å². The fourth-order valence-electron chi connectivity index (χ4n) is 7.60. The molecule has 0 aliphatic carbocycles. The molecular weight excluding hydrogens is 673 g/mol. The second kappa shape index (κ2) is 13.4. The topological polar surface area (TPSA) is 58.0 Å². The van der Waals surface area contributed by atoms with Crippen molar-refractivity contribution in [3.05, 3.63) is 200 Å². The van der Waals surface area contributed by atoms with Crippen LogP contribution in [0.5, 0.6) is 0 Å². The van der Waals surface area contributed by atoms with Crippen LogP contribution in [0.25, 0.3) is 72.3 Å². The van der Waals surface area contributed by atoms with E-state index in [0.29, 0.717) is 11.5 Å². The lowest BCUT2D eigenvalue weighted by Crippen LogP contribution is -2.09. The van der Waals surface area contributed by atoms with Gasteiger partial charge in [0.05, 0.1) is 22.7 Å². The van der Waals surface area contributed by atoms with Gasteiger partial charge < -0.3 is 13.9 Å². The van der Waals surface area contributed by atoms with E-state index in [-0.39, 0.29) is 0 Å². The van der Waals surface area contributed by atoms with Crippen LogP contribution in [0.15, 0.2) is 199 Å². The molecule has 0 atom stereocenters. The number of benzene rings is 8. The van der Waals surface area contributed by atoms with Crippen molar-refractivity contribution in [3.63, 3.8) is 0 Å². The van der Waals surface area contributed by atoms with Gasteiger partial charge in [0, 0.05) is 39.1 Å². The zero-order chi connectivity index (χ0) is 36.7. The summed E-state index contributed by atoms with van der Waals surface area (Å²) in [5.74, 6) is 0.590. The monoisotopic (exact) mass is 704 g/mol. The van der Waals surface area contributed by atoms with Crippen LogP contribution in [0.1, 0.15) is 5.56 Å². The number of hydrogen-bond donors (Lipinski definition) is 0. The van der Waals surface area contributed by atoms with E-state index in [1.54, 1.807) is 0 Å². The fourth-order valence-corrected chi connectivity index (χ4v) is 7.60. The number of fused-ring (bicyclic) bond motifs is 5. The second-order valence-electron chi connectivity index (χ2n) is 13.6. The molecule has 0 amide bonds. The van der Waals surface area contributed by atoms with Crippen LogP contribution in [-0.2, 0) is 0 Å². The molecule has 55 heavy (non-hydrogen) atoms. The number of anilines is 3. The van der Waals surface area contributed by atoms with E-state index in [1.165, 1.54) is 0 Å². The van der Waals surface area contributed by atoms with Gasteiger partial charge in [0.2, 0.25) is 5.89 Å². The highest BCUT2D eigenvalue weighted by molar-refractivity contribution is 6.17. The Kier molecular flexibility index (Phi) is 7.79. The lowest BCUT2D eigenvalue weighted by Gasteiger charge is -2.25. The van der Waals surface area contributed by atoms with Gasteiger partial charge in [-0.25, -0.2) is 4.98 Å². The second-order valence-corrected chi connectivity index (χ2v) is 13.6. The number of rotatable bonds is 7. The first kappa shape index (κ1) is 32.0. The third kappa shape index (κ3) is 5.70. The SMILES string of the molecule is N#Cc1ccc(-c2cccc(-n3c4ccc(-c5ccc(N(c6ccccc6)c6ccccc6)cc5)cc4c4ccc5nc(-c6ccccc6)oc5c43)c2)cc1. The summed E-state index contributed by atoms with van der Waals surface area (Å²) in [6, 6.07) is 69.2. The lowest BCUT2D eigenvalue weighted by molar-refractivity contribution is 0.622. The number of hydrogen-bond acceptors (Lipinski definition) is 4.